The van der Waals surface area contributed by atoms with Crippen LogP contribution in [-0.4, -0.2) is 34.3 Å². The van der Waals surface area contributed by atoms with Crippen LogP contribution in [0.15, 0.2) is 4.47 Å². The van der Waals surface area contributed by atoms with Crippen LogP contribution in [0.5, 0.6) is 0 Å². The topological polar surface area (TPSA) is 47.1 Å². The minimum absolute atomic E-state index is 0.149. The highest BCUT2D eigenvalue weighted by molar-refractivity contribution is 9.10. The molecular formula is C13H25BrN4. The molecule has 0 bridgehead atoms. The quantitative estimate of drug-likeness (QED) is 0.876. The Kier molecular flexibility index (Phi) is 5.37. The monoisotopic (exact) mass is 316 g/mol. The number of rotatable bonds is 6. The molecular weight excluding hydrogens is 292 g/mol. The van der Waals surface area contributed by atoms with Gasteiger partial charge in [0.1, 0.15) is 0 Å². The van der Waals surface area contributed by atoms with Crippen molar-refractivity contribution in [2.24, 2.45) is 18.2 Å². The normalized spacial score (nSPS) is 12.4. The zero-order chi connectivity index (χ0) is 13.9. The van der Waals surface area contributed by atoms with Crippen LogP contribution in [0.3, 0.4) is 0 Å². The van der Waals surface area contributed by atoms with Gasteiger partial charge in [0.2, 0.25) is 0 Å². The molecule has 18 heavy (non-hydrogen) atoms. The minimum Gasteiger partial charge on any atom is -0.330 e. The lowest BCUT2D eigenvalue weighted by Gasteiger charge is -2.31. The molecule has 0 saturated carbocycles. The number of nitrogens with zero attached hydrogens (tertiary/aromatic N) is 3. The lowest BCUT2D eigenvalue weighted by atomic mass is 9.93. The highest BCUT2D eigenvalue weighted by Crippen LogP contribution is 2.23. The highest BCUT2D eigenvalue weighted by Gasteiger charge is 2.21. The summed E-state index contributed by atoms with van der Waals surface area (Å²) >= 11 is 3.62. The predicted molar refractivity (Wildman–Crippen MR) is 79.4 cm³/mol. The molecule has 0 aliphatic rings. The second-order valence-corrected chi connectivity index (χ2v) is 6.43. The van der Waals surface area contributed by atoms with Crippen molar-refractivity contribution in [1.82, 2.24) is 14.7 Å². The standard InChI is InChI=1S/C13H25BrN4/c1-6-18(9-13(3,4)8-15)7-11-12(14)10(2)16-17(11)5/h6-9,15H2,1-5H3. The molecule has 0 aromatic carbocycles. The van der Waals surface area contributed by atoms with Gasteiger partial charge in [-0.1, -0.05) is 20.8 Å². The van der Waals surface area contributed by atoms with Crippen LogP contribution < -0.4 is 5.73 Å². The van der Waals surface area contributed by atoms with Gasteiger partial charge in [-0.15, -0.1) is 0 Å². The number of aryl methyl sites for hydroxylation is 2. The van der Waals surface area contributed by atoms with Gasteiger partial charge in [-0.3, -0.25) is 9.58 Å². The average molecular weight is 317 g/mol. The van der Waals surface area contributed by atoms with E-state index in [1.165, 1.54) is 5.69 Å². The molecule has 0 saturated heterocycles. The maximum atomic E-state index is 5.81. The van der Waals surface area contributed by atoms with Crippen LogP contribution in [0.2, 0.25) is 0 Å². The molecule has 0 amide bonds. The molecule has 0 radical (unpaired) electrons. The Bertz CT molecular complexity index is 398. The minimum atomic E-state index is 0.149. The van der Waals surface area contributed by atoms with Crippen molar-refractivity contribution in [3.63, 3.8) is 0 Å². The third-order valence-electron chi connectivity index (χ3n) is 3.29. The van der Waals surface area contributed by atoms with Gasteiger partial charge in [0.05, 0.1) is 15.9 Å². The van der Waals surface area contributed by atoms with E-state index in [9.17, 15) is 0 Å². The van der Waals surface area contributed by atoms with Crippen molar-refractivity contribution in [1.29, 1.82) is 0 Å². The Morgan fingerprint density at radius 1 is 1.44 bits per heavy atom. The summed E-state index contributed by atoms with van der Waals surface area (Å²) in [7, 11) is 2.00. The molecule has 0 spiro atoms. The summed E-state index contributed by atoms with van der Waals surface area (Å²) in [6.45, 7) is 12.2. The van der Waals surface area contributed by atoms with E-state index < -0.39 is 0 Å². The number of hydrogen-bond acceptors (Lipinski definition) is 3. The second kappa shape index (κ2) is 6.17. The largest absolute Gasteiger partial charge is 0.330 e. The maximum Gasteiger partial charge on any atom is 0.0739 e. The van der Waals surface area contributed by atoms with E-state index in [-0.39, 0.29) is 5.41 Å². The summed E-state index contributed by atoms with van der Waals surface area (Å²) < 4.78 is 3.08. The fourth-order valence-electron chi connectivity index (χ4n) is 2.01. The molecule has 1 aromatic rings. The molecule has 5 heteroatoms. The van der Waals surface area contributed by atoms with E-state index >= 15 is 0 Å². The summed E-state index contributed by atoms with van der Waals surface area (Å²) in [5.74, 6) is 0. The fourth-order valence-corrected chi connectivity index (χ4v) is 2.47. The lowest BCUT2D eigenvalue weighted by molar-refractivity contribution is 0.179. The average Bonchev–Trinajstić information content (AvgIpc) is 2.54. The fraction of sp³-hybridized carbons (Fsp3) is 0.769. The number of aromatic nitrogens is 2. The summed E-state index contributed by atoms with van der Waals surface area (Å²) in [5, 5.41) is 4.43. The second-order valence-electron chi connectivity index (χ2n) is 5.64. The van der Waals surface area contributed by atoms with Crippen molar-refractivity contribution >= 4 is 15.9 Å². The van der Waals surface area contributed by atoms with Gasteiger partial charge in [-0.25, -0.2) is 0 Å². The first-order valence-corrected chi connectivity index (χ1v) is 7.20. The van der Waals surface area contributed by atoms with Crippen LogP contribution >= 0.6 is 15.9 Å². The van der Waals surface area contributed by atoms with Crippen molar-refractivity contribution < 1.29 is 0 Å². The molecule has 4 nitrogen and oxygen atoms in total. The lowest BCUT2D eigenvalue weighted by Crippen LogP contribution is -2.38. The Balaban J connectivity index is 2.80. The van der Waals surface area contributed by atoms with Gasteiger partial charge in [0.15, 0.2) is 0 Å². The molecule has 0 atom stereocenters. The third kappa shape index (κ3) is 3.80. The van der Waals surface area contributed by atoms with Crippen LogP contribution in [-0.2, 0) is 13.6 Å². The Morgan fingerprint density at radius 2 is 2.06 bits per heavy atom. The zero-order valence-corrected chi connectivity index (χ0v) is 13.7. The Hall–Kier alpha value is -0.390. The third-order valence-corrected chi connectivity index (χ3v) is 4.32. The summed E-state index contributed by atoms with van der Waals surface area (Å²) in [6.07, 6.45) is 0. The van der Waals surface area contributed by atoms with Crippen molar-refractivity contribution in [2.45, 2.75) is 34.2 Å². The molecule has 1 rings (SSSR count). The summed E-state index contributed by atoms with van der Waals surface area (Å²) in [4.78, 5) is 2.41. The molecule has 1 aromatic heterocycles. The van der Waals surface area contributed by atoms with E-state index in [0.29, 0.717) is 6.54 Å². The van der Waals surface area contributed by atoms with Gasteiger partial charge in [0.25, 0.3) is 0 Å². The van der Waals surface area contributed by atoms with Crippen LogP contribution in [0, 0.1) is 12.3 Å². The maximum absolute atomic E-state index is 5.81. The number of halogens is 1. The zero-order valence-electron chi connectivity index (χ0n) is 12.1. The first-order chi connectivity index (χ1) is 8.30. The van der Waals surface area contributed by atoms with E-state index in [1.807, 2.05) is 18.7 Å². The van der Waals surface area contributed by atoms with E-state index in [4.69, 9.17) is 5.73 Å². The number of nitrogens with two attached hydrogens (primary N) is 1. The molecule has 0 fully saturated rings. The van der Waals surface area contributed by atoms with E-state index in [2.05, 4.69) is 46.7 Å². The van der Waals surface area contributed by atoms with Gasteiger partial charge in [-0.05, 0) is 41.4 Å². The molecule has 0 aliphatic heterocycles. The van der Waals surface area contributed by atoms with Crippen LogP contribution in [0.1, 0.15) is 32.2 Å². The molecule has 2 N–H and O–H groups in total. The van der Waals surface area contributed by atoms with Gasteiger partial charge >= 0.3 is 0 Å². The van der Waals surface area contributed by atoms with Gasteiger partial charge in [0, 0.05) is 20.1 Å². The van der Waals surface area contributed by atoms with Gasteiger partial charge < -0.3 is 5.73 Å². The van der Waals surface area contributed by atoms with Crippen molar-refractivity contribution in [3.05, 3.63) is 15.9 Å². The van der Waals surface area contributed by atoms with Gasteiger partial charge in [-0.2, -0.15) is 5.10 Å². The highest BCUT2D eigenvalue weighted by atomic mass is 79.9. The Morgan fingerprint density at radius 3 is 2.44 bits per heavy atom. The first kappa shape index (κ1) is 15.7. The molecule has 104 valence electrons. The molecule has 0 unspecified atom stereocenters. The van der Waals surface area contributed by atoms with E-state index in [1.54, 1.807) is 0 Å². The molecule has 1 heterocycles. The van der Waals surface area contributed by atoms with Crippen LogP contribution in [0.25, 0.3) is 0 Å². The van der Waals surface area contributed by atoms with E-state index in [0.717, 1.165) is 29.8 Å². The van der Waals surface area contributed by atoms with Crippen LogP contribution in [0.4, 0.5) is 0 Å². The summed E-state index contributed by atoms with van der Waals surface area (Å²) in [6, 6.07) is 0. The predicted octanol–water partition coefficient (Wildman–Crippen LogP) is 2.30. The SMILES string of the molecule is CCN(Cc1c(Br)c(C)nn1C)CC(C)(C)CN. The number of hydrogen-bond donors (Lipinski definition) is 1. The Labute approximate surface area is 119 Å². The first-order valence-electron chi connectivity index (χ1n) is 6.41. The van der Waals surface area contributed by atoms with Crippen molar-refractivity contribution in [2.75, 3.05) is 19.6 Å². The van der Waals surface area contributed by atoms with Crippen molar-refractivity contribution in [3.8, 4) is 0 Å². The smallest absolute Gasteiger partial charge is 0.0739 e. The molecule has 0 aliphatic carbocycles. The summed E-state index contributed by atoms with van der Waals surface area (Å²) in [5.41, 5.74) is 8.23.